The third kappa shape index (κ3) is 3.47. The summed E-state index contributed by atoms with van der Waals surface area (Å²) in [5.41, 5.74) is 0.915. The van der Waals surface area contributed by atoms with Gasteiger partial charge in [0.15, 0.2) is 17.3 Å². The normalized spacial score (nSPS) is 12.8. The lowest BCUT2D eigenvalue weighted by Crippen LogP contribution is -2.21. The van der Waals surface area contributed by atoms with E-state index in [9.17, 15) is 14.0 Å². The van der Waals surface area contributed by atoms with Crippen molar-refractivity contribution >= 4 is 17.4 Å². The van der Waals surface area contributed by atoms with Gasteiger partial charge in [0.2, 0.25) is 0 Å². The van der Waals surface area contributed by atoms with E-state index in [0.29, 0.717) is 30.3 Å². The second-order valence-electron chi connectivity index (χ2n) is 5.99. The van der Waals surface area contributed by atoms with E-state index < -0.39 is 11.7 Å². The van der Waals surface area contributed by atoms with Gasteiger partial charge in [-0.05, 0) is 36.4 Å². The highest BCUT2D eigenvalue weighted by atomic mass is 19.1. The Morgan fingerprint density at radius 2 is 1.72 bits per heavy atom. The Bertz CT molecular complexity index is 815. The Balaban J connectivity index is 2.01. The van der Waals surface area contributed by atoms with Crippen LogP contribution in [0, 0.1) is 11.7 Å². The summed E-state index contributed by atoms with van der Waals surface area (Å²) in [7, 11) is 0. The first-order chi connectivity index (χ1) is 12.0. The van der Waals surface area contributed by atoms with Crippen molar-refractivity contribution in [3.8, 4) is 11.5 Å². The number of hydrogen-bond acceptors (Lipinski definition) is 4. The van der Waals surface area contributed by atoms with Crippen LogP contribution in [0.2, 0.25) is 0 Å². The molecule has 130 valence electrons. The fraction of sp³-hybridized carbons (Fsp3) is 0.263. The average molecular weight is 343 g/mol. The van der Waals surface area contributed by atoms with Crippen molar-refractivity contribution in [2.45, 2.75) is 13.8 Å². The maximum absolute atomic E-state index is 13.0. The molecule has 1 N–H and O–H groups in total. The number of nitrogens with one attached hydrogen (secondary N) is 1. The molecule has 0 radical (unpaired) electrons. The molecule has 1 aliphatic heterocycles. The lowest BCUT2D eigenvalue weighted by molar-refractivity contribution is 0.0939. The van der Waals surface area contributed by atoms with E-state index in [1.54, 1.807) is 26.0 Å². The number of anilines is 1. The SMILES string of the molecule is CC(C)C(=O)c1ccc2c(c1NC(=O)c1ccc(F)cc1)OCCO2. The van der Waals surface area contributed by atoms with E-state index in [2.05, 4.69) is 5.32 Å². The smallest absolute Gasteiger partial charge is 0.255 e. The maximum atomic E-state index is 13.0. The second kappa shape index (κ2) is 6.93. The van der Waals surface area contributed by atoms with Crippen LogP contribution in [0.25, 0.3) is 0 Å². The zero-order chi connectivity index (χ0) is 18.0. The molecule has 0 spiro atoms. The summed E-state index contributed by atoms with van der Waals surface area (Å²) in [6, 6.07) is 8.45. The largest absolute Gasteiger partial charge is 0.486 e. The second-order valence-corrected chi connectivity index (χ2v) is 5.99. The molecule has 0 saturated carbocycles. The van der Waals surface area contributed by atoms with Crippen LogP contribution in [-0.2, 0) is 0 Å². The van der Waals surface area contributed by atoms with Gasteiger partial charge in [-0.1, -0.05) is 13.8 Å². The first kappa shape index (κ1) is 17.0. The molecule has 0 bridgehead atoms. The van der Waals surface area contributed by atoms with E-state index in [1.165, 1.54) is 24.3 Å². The predicted octanol–water partition coefficient (Wildman–Crippen LogP) is 3.69. The number of ether oxygens (including phenoxy) is 2. The van der Waals surface area contributed by atoms with Crippen molar-refractivity contribution < 1.29 is 23.5 Å². The third-order valence-corrected chi connectivity index (χ3v) is 3.84. The number of carbonyl (C=O) groups excluding carboxylic acids is 2. The summed E-state index contributed by atoms with van der Waals surface area (Å²) in [4.78, 5) is 25.0. The summed E-state index contributed by atoms with van der Waals surface area (Å²) < 4.78 is 24.2. The molecule has 1 heterocycles. The number of amides is 1. The molecule has 0 saturated heterocycles. The number of benzene rings is 2. The first-order valence-corrected chi connectivity index (χ1v) is 8.01. The lowest BCUT2D eigenvalue weighted by atomic mass is 9.98. The number of ketones is 1. The van der Waals surface area contributed by atoms with Gasteiger partial charge < -0.3 is 14.8 Å². The van der Waals surface area contributed by atoms with Crippen molar-refractivity contribution in [1.82, 2.24) is 0 Å². The zero-order valence-electron chi connectivity index (χ0n) is 14.0. The molecule has 0 fully saturated rings. The van der Waals surface area contributed by atoms with Gasteiger partial charge in [0.25, 0.3) is 5.91 Å². The van der Waals surface area contributed by atoms with Crippen LogP contribution in [0.3, 0.4) is 0 Å². The summed E-state index contributed by atoms with van der Waals surface area (Å²) in [6.45, 7) is 4.29. The molecular formula is C19H18FNO4. The van der Waals surface area contributed by atoms with Crippen LogP contribution >= 0.6 is 0 Å². The lowest BCUT2D eigenvalue weighted by Gasteiger charge is -2.23. The van der Waals surface area contributed by atoms with Gasteiger partial charge in [-0.25, -0.2) is 4.39 Å². The Morgan fingerprint density at radius 1 is 1.04 bits per heavy atom. The summed E-state index contributed by atoms with van der Waals surface area (Å²) >= 11 is 0. The van der Waals surface area contributed by atoms with E-state index in [0.717, 1.165) is 0 Å². The van der Waals surface area contributed by atoms with Crippen molar-refractivity contribution in [1.29, 1.82) is 0 Å². The minimum absolute atomic E-state index is 0.119. The van der Waals surface area contributed by atoms with Gasteiger partial charge in [0, 0.05) is 17.0 Å². The molecule has 0 unspecified atom stereocenters. The van der Waals surface area contributed by atoms with Crippen molar-refractivity contribution in [3.63, 3.8) is 0 Å². The molecule has 0 aliphatic carbocycles. The zero-order valence-corrected chi connectivity index (χ0v) is 14.0. The van der Waals surface area contributed by atoms with Gasteiger partial charge in [-0.15, -0.1) is 0 Å². The molecule has 3 rings (SSSR count). The molecule has 0 atom stereocenters. The molecule has 1 amide bonds. The molecule has 5 nitrogen and oxygen atoms in total. The first-order valence-electron chi connectivity index (χ1n) is 8.01. The van der Waals surface area contributed by atoms with Crippen LogP contribution in [0.15, 0.2) is 36.4 Å². The number of halogens is 1. The quantitative estimate of drug-likeness (QED) is 0.860. The van der Waals surface area contributed by atoms with E-state index in [4.69, 9.17) is 9.47 Å². The number of carbonyl (C=O) groups is 2. The van der Waals surface area contributed by atoms with Gasteiger partial charge >= 0.3 is 0 Å². The highest BCUT2D eigenvalue weighted by Gasteiger charge is 2.25. The number of Topliss-reactive ketones (excluding diaryl/α,β-unsaturated/α-hetero) is 1. The predicted molar refractivity (Wildman–Crippen MR) is 91.0 cm³/mol. The van der Waals surface area contributed by atoms with Crippen LogP contribution in [0.4, 0.5) is 10.1 Å². The fourth-order valence-corrected chi connectivity index (χ4v) is 2.54. The number of rotatable bonds is 4. The van der Waals surface area contributed by atoms with Gasteiger partial charge in [-0.3, -0.25) is 9.59 Å². The van der Waals surface area contributed by atoms with Crippen molar-refractivity contribution in [2.24, 2.45) is 5.92 Å². The molecule has 2 aromatic carbocycles. The van der Waals surface area contributed by atoms with E-state index in [-0.39, 0.29) is 23.0 Å². The highest BCUT2D eigenvalue weighted by molar-refractivity contribution is 6.11. The Kier molecular flexibility index (Phi) is 4.70. The monoisotopic (exact) mass is 343 g/mol. The average Bonchev–Trinajstić information content (AvgIpc) is 2.61. The number of hydrogen-bond donors (Lipinski definition) is 1. The Morgan fingerprint density at radius 3 is 2.40 bits per heavy atom. The third-order valence-electron chi connectivity index (χ3n) is 3.84. The molecule has 0 aromatic heterocycles. The minimum Gasteiger partial charge on any atom is -0.486 e. The standard InChI is InChI=1S/C19H18FNO4/c1-11(2)17(22)14-7-8-15-18(25-10-9-24-15)16(14)21-19(23)12-3-5-13(20)6-4-12/h3-8,11H,9-10H2,1-2H3,(H,21,23). The summed E-state index contributed by atoms with van der Waals surface area (Å²) in [5.74, 6) is -0.439. The molecule has 6 heteroatoms. The molecule has 1 aliphatic rings. The molecule has 25 heavy (non-hydrogen) atoms. The topological polar surface area (TPSA) is 64.6 Å². The fourth-order valence-electron chi connectivity index (χ4n) is 2.54. The van der Waals surface area contributed by atoms with Crippen LogP contribution in [0.1, 0.15) is 34.6 Å². The summed E-state index contributed by atoms with van der Waals surface area (Å²) in [6.07, 6.45) is 0. The highest BCUT2D eigenvalue weighted by Crippen LogP contribution is 2.41. The maximum Gasteiger partial charge on any atom is 0.255 e. The summed E-state index contributed by atoms with van der Waals surface area (Å²) in [5, 5.41) is 2.72. The van der Waals surface area contributed by atoms with Crippen LogP contribution < -0.4 is 14.8 Å². The Labute approximate surface area is 144 Å². The van der Waals surface area contributed by atoms with E-state index >= 15 is 0 Å². The number of fused-ring (bicyclic) bond motifs is 1. The van der Waals surface area contributed by atoms with Crippen molar-refractivity contribution in [3.05, 3.63) is 53.3 Å². The van der Waals surface area contributed by atoms with Gasteiger partial charge in [0.1, 0.15) is 19.0 Å². The molecular weight excluding hydrogens is 325 g/mol. The van der Waals surface area contributed by atoms with E-state index in [1.807, 2.05) is 0 Å². The minimum atomic E-state index is -0.458. The van der Waals surface area contributed by atoms with Crippen LogP contribution in [-0.4, -0.2) is 24.9 Å². The van der Waals surface area contributed by atoms with Gasteiger partial charge in [0.05, 0.1) is 5.69 Å². The van der Waals surface area contributed by atoms with Gasteiger partial charge in [-0.2, -0.15) is 0 Å². The molecule has 2 aromatic rings. The Hall–Kier alpha value is -2.89. The van der Waals surface area contributed by atoms with Crippen molar-refractivity contribution in [2.75, 3.05) is 18.5 Å². The van der Waals surface area contributed by atoms with Crippen LogP contribution in [0.5, 0.6) is 11.5 Å².